The molecule has 1 aliphatic carbocycles. The highest BCUT2D eigenvalue weighted by Crippen LogP contribution is 2.23. The van der Waals surface area contributed by atoms with Crippen molar-refractivity contribution in [1.29, 1.82) is 0 Å². The van der Waals surface area contributed by atoms with E-state index >= 15 is 0 Å². The number of rotatable bonds is 4. The van der Waals surface area contributed by atoms with E-state index in [1.54, 1.807) is 0 Å². The molecule has 18 heavy (non-hydrogen) atoms. The fourth-order valence-corrected chi connectivity index (χ4v) is 2.31. The molecule has 0 aromatic rings. The summed E-state index contributed by atoms with van der Waals surface area (Å²) in [7, 11) is 0. The quantitative estimate of drug-likeness (QED) is 0.695. The number of nitrogens with one attached hydrogen (secondary N) is 2. The van der Waals surface area contributed by atoms with E-state index in [0.717, 1.165) is 25.7 Å². The lowest BCUT2D eigenvalue weighted by atomic mass is 9.95. The van der Waals surface area contributed by atoms with Crippen molar-refractivity contribution in [2.45, 2.75) is 38.1 Å². The van der Waals surface area contributed by atoms with Crippen LogP contribution in [0.4, 0.5) is 4.79 Å². The van der Waals surface area contributed by atoms with Crippen molar-refractivity contribution in [3.8, 4) is 0 Å². The van der Waals surface area contributed by atoms with Crippen LogP contribution in [0.1, 0.15) is 32.1 Å². The standard InChI is InChI=1S/C12H19BrN2O3/c1-8(13)7-14-12(18)15-10-6-4-2-3-5-9(10)11(16)17/h9-10H,1-7H2,(H,16,17)(H2,14,15,18). The highest BCUT2D eigenvalue weighted by Gasteiger charge is 2.30. The molecule has 0 bridgehead atoms. The highest BCUT2D eigenvalue weighted by molar-refractivity contribution is 9.11. The van der Waals surface area contributed by atoms with Gasteiger partial charge in [-0.05, 0) is 12.8 Å². The summed E-state index contributed by atoms with van der Waals surface area (Å²) in [6.07, 6.45) is 4.25. The van der Waals surface area contributed by atoms with Crippen molar-refractivity contribution < 1.29 is 14.7 Å². The van der Waals surface area contributed by atoms with Gasteiger partial charge in [-0.15, -0.1) is 0 Å². The Hall–Kier alpha value is -1.04. The van der Waals surface area contributed by atoms with E-state index in [1.165, 1.54) is 0 Å². The van der Waals surface area contributed by atoms with Crippen molar-refractivity contribution in [3.63, 3.8) is 0 Å². The highest BCUT2D eigenvalue weighted by atomic mass is 79.9. The SMILES string of the molecule is C=C(Br)CNC(=O)NC1CCCCCC1C(=O)O. The van der Waals surface area contributed by atoms with Gasteiger partial charge in [0.2, 0.25) is 0 Å². The average Bonchev–Trinajstić information content (AvgIpc) is 2.51. The molecule has 1 aliphatic rings. The number of carbonyl (C=O) groups is 2. The number of hydrogen-bond acceptors (Lipinski definition) is 2. The molecule has 2 atom stereocenters. The summed E-state index contributed by atoms with van der Waals surface area (Å²) in [6.45, 7) is 3.94. The Bertz CT molecular complexity index is 333. The predicted octanol–water partition coefficient (Wildman–Crippen LogP) is 2.23. The van der Waals surface area contributed by atoms with Crippen molar-refractivity contribution in [3.05, 3.63) is 11.1 Å². The normalized spacial score (nSPS) is 23.8. The minimum absolute atomic E-state index is 0.284. The summed E-state index contributed by atoms with van der Waals surface area (Å²) in [5.41, 5.74) is 0. The summed E-state index contributed by atoms with van der Waals surface area (Å²) in [6, 6.07) is -0.623. The zero-order valence-electron chi connectivity index (χ0n) is 10.2. The lowest BCUT2D eigenvalue weighted by Gasteiger charge is -2.22. The van der Waals surface area contributed by atoms with Gasteiger partial charge in [0.15, 0.2) is 0 Å². The molecule has 1 fully saturated rings. The van der Waals surface area contributed by atoms with Crippen LogP contribution in [0.3, 0.4) is 0 Å². The molecule has 0 radical (unpaired) electrons. The molecule has 0 saturated heterocycles. The van der Waals surface area contributed by atoms with Crippen molar-refractivity contribution in [2.24, 2.45) is 5.92 Å². The Morgan fingerprint density at radius 1 is 1.28 bits per heavy atom. The third kappa shape index (κ3) is 5.08. The van der Waals surface area contributed by atoms with E-state index in [1.807, 2.05) is 0 Å². The molecule has 1 rings (SSSR count). The maximum Gasteiger partial charge on any atom is 0.315 e. The van der Waals surface area contributed by atoms with Crippen LogP contribution in [-0.4, -0.2) is 29.7 Å². The minimum atomic E-state index is -0.827. The van der Waals surface area contributed by atoms with Gasteiger partial charge in [-0.25, -0.2) is 4.79 Å². The van der Waals surface area contributed by atoms with E-state index in [9.17, 15) is 14.7 Å². The van der Waals surface area contributed by atoms with E-state index in [2.05, 4.69) is 33.1 Å². The maximum absolute atomic E-state index is 11.6. The van der Waals surface area contributed by atoms with Gasteiger partial charge in [-0.1, -0.05) is 41.8 Å². The van der Waals surface area contributed by atoms with Crippen LogP contribution in [0.25, 0.3) is 0 Å². The van der Waals surface area contributed by atoms with Crippen molar-refractivity contribution >= 4 is 27.9 Å². The molecule has 2 amide bonds. The fourth-order valence-electron chi connectivity index (χ4n) is 2.17. The van der Waals surface area contributed by atoms with Gasteiger partial charge >= 0.3 is 12.0 Å². The molecule has 0 aromatic carbocycles. The van der Waals surface area contributed by atoms with E-state index in [0.29, 0.717) is 17.4 Å². The number of amides is 2. The van der Waals surface area contributed by atoms with Gasteiger partial charge in [0.05, 0.1) is 12.5 Å². The summed E-state index contributed by atoms with van der Waals surface area (Å²) in [5.74, 6) is -1.31. The summed E-state index contributed by atoms with van der Waals surface area (Å²) >= 11 is 3.14. The molecule has 102 valence electrons. The lowest BCUT2D eigenvalue weighted by molar-refractivity contribution is -0.142. The van der Waals surface area contributed by atoms with Gasteiger partial charge in [0.1, 0.15) is 0 Å². The predicted molar refractivity (Wildman–Crippen MR) is 72.6 cm³/mol. The first-order chi connectivity index (χ1) is 8.50. The molecule has 0 heterocycles. The maximum atomic E-state index is 11.6. The Balaban J connectivity index is 2.52. The van der Waals surface area contributed by atoms with Crippen LogP contribution in [0.5, 0.6) is 0 Å². The molecule has 5 nitrogen and oxygen atoms in total. The molecule has 6 heteroatoms. The lowest BCUT2D eigenvalue weighted by Crippen LogP contribution is -2.47. The Morgan fingerprint density at radius 3 is 2.56 bits per heavy atom. The van der Waals surface area contributed by atoms with E-state index in [4.69, 9.17) is 0 Å². The number of carboxylic acids is 1. The largest absolute Gasteiger partial charge is 0.481 e. The van der Waals surface area contributed by atoms with Crippen LogP contribution < -0.4 is 10.6 Å². The topological polar surface area (TPSA) is 78.4 Å². The van der Waals surface area contributed by atoms with Crippen LogP contribution in [0, 0.1) is 5.92 Å². The van der Waals surface area contributed by atoms with E-state index in [-0.39, 0.29) is 12.1 Å². The third-order valence-corrected chi connectivity index (χ3v) is 3.37. The van der Waals surface area contributed by atoms with Gasteiger partial charge in [-0.3, -0.25) is 4.79 Å². The second kappa shape index (κ2) is 7.41. The monoisotopic (exact) mass is 318 g/mol. The van der Waals surface area contributed by atoms with Crippen LogP contribution in [0.2, 0.25) is 0 Å². The Kier molecular flexibility index (Phi) is 6.18. The van der Waals surface area contributed by atoms with Gasteiger partial charge in [-0.2, -0.15) is 0 Å². The Labute approximate surface area is 115 Å². The number of hydrogen-bond donors (Lipinski definition) is 3. The molecular weight excluding hydrogens is 300 g/mol. The first kappa shape index (κ1) is 15.0. The van der Waals surface area contributed by atoms with Crippen LogP contribution in [0.15, 0.2) is 11.1 Å². The number of aliphatic carboxylic acids is 1. The fraction of sp³-hybridized carbons (Fsp3) is 0.667. The third-order valence-electron chi connectivity index (χ3n) is 3.09. The number of carboxylic acid groups (broad SMARTS) is 1. The molecule has 0 aromatic heterocycles. The van der Waals surface area contributed by atoms with Crippen LogP contribution in [-0.2, 0) is 4.79 Å². The molecule has 2 unspecified atom stereocenters. The van der Waals surface area contributed by atoms with Crippen molar-refractivity contribution in [1.82, 2.24) is 10.6 Å². The molecule has 1 saturated carbocycles. The average molecular weight is 319 g/mol. The van der Waals surface area contributed by atoms with Gasteiger partial charge in [0, 0.05) is 10.5 Å². The first-order valence-electron chi connectivity index (χ1n) is 6.11. The molecule has 0 aliphatic heterocycles. The number of halogens is 1. The first-order valence-corrected chi connectivity index (χ1v) is 6.90. The van der Waals surface area contributed by atoms with Gasteiger partial charge < -0.3 is 15.7 Å². The van der Waals surface area contributed by atoms with Crippen LogP contribution >= 0.6 is 15.9 Å². The molecule has 0 spiro atoms. The smallest absolute Gasteiger partial charge is 0.315 e. The number of urea groups is 1. The zero-order valence-corrected chi connectivity index (χ0v) is 11.8. The number of carbonyl (C=O) groups excluding carboxylic acids is 1. The summed E-state index contributed by atoms with van der Waals surface area (Å²) in [5, 5.41) is 14.5. The van der Waals surface area contributed by atoms with E-state index < -0.39 is 11.9 Å². The Morgan fingerprint density at radius 2 is 1.94 bits per heavy atom. The summed E-state index contributed by atoms with van der Waals surface area (Å²) in [4.78, 5) is 22.8. The summed E-state index contributed by atoms with van der Waals surface area (Å²) < 4.78 is 0.674. The molecule has 3 N–H and O–H groups in total. The minimum Gasteiger partial charge on any atom is -0.481 e. The zero-order chi connectivity index (χ0) is 13.5. The second-order valence-electron chi connectivity index (χ2n) is 4.53. The van der Waals surface area contributed by atoms with Gasteiger partial charge in [0.25, 0.3) is 0 Å². The van der Waals surface area contributed by atoms with Crippen molar-refractivity contribution in [2.75, 3.05) is 6.54 Å². The second-order valence-corrected chi connectivity index (χ2v) is 5.65. The molecular formula is C12H19BrN2O3.